The molecular formula is C22H25ClN6O. The average molecular weight is 425 g/mol. The predicted molar refractivity (Wildman–Crippen MR) is 117 cm³/mol. The van der Waals surface area contributed by atoms with E-state index in [-0.39, 0.29) is 5.41 Å². The standard InChI is InChI=1S/C22H25ClN6O/c1-22(2,3)21-26-19(27-30-21)14-28-7-4-8-29(10-9-28)20-11-15(13-24)17-12-16(23)5-6-18(17)25-20/h5-6,11-12H,4,7-10,14H2,1-3H3. The van der Waals surface area contributed by atoms with Gasteiger partial charge in [0.2, 0.25) is 5.89 Å². The van der Waals surface area contributed by atoms with E-state index in [2.05, 4.69) is 46.8 Å². The van der Waals surface area contributed by atoms with Crippen molar-refractivity contribution in [3.63, 3.8) is 0 Å². The number of halogens is 1. The van der Waals surface area contributed by atoms with Crippen molar-refractivity contribution < 1.29 is 4.52 Å². The van der Waals surface area contributed by atoms with Gasteiger partial charge in [-0.05, 0) is 30.7 Å². The number of aromatic nitrogens is 3. The fourth-order valence-electron chi connectivity index (χ4n) is 3.62. The Morgan fingerprint density at radius 3 is 2.70 bits per heavy atom. The van der Waals surface area contributed by atoms with Crippen molar-refractivity contribution in [2.45, 2.75) is 39.2 Å². The topological polar surface area (TPSA) is 82.1 Å². The highest BCUT2D eigenvalue weighted by molar-refractivity contribution is 6.31. The number of pyridine rings is 1. The van der Waals surface area contributed by atoms with Crippen LogP contribution in [0.15, 0.2) is 28.8 Å². The number of benzene rings is 1. The van der Waals surface area contributed by atoms with Crippen LogP contribution in [0.2, 0.25) is 5.02 Å². The van der Waals surface area contributed by atoms with Crippen molar-refractivity contribution in [2.24, 2.45) is 0 Å². The third kappa shape index (κ3) is 4.40. The summed E-state index contributed by atoms with van der Waals surface area (Å²) in [6, 6.07) is 9.63. The molecule has 1 fully saturated rings. The number of nitrogens with zero attached hydrogens (tertiary/aromatic N) is 6. The first-order valence-corrected chi connectivity index (χ1v) is 10.5. The van der Waals surface area contributed by atoms with Gasteiger partial charge in [0.25, 0.3) is 0 Å². The molecule has 1 aliphatic heterocycles. The molecule has 0 bridgehead atoms. The molecule has 2 aromatic heterocycles. The minimum Gasteiger partial charge on any atom is -0.355 e. The predicted octanol–water partition coefficient (Wildman–Crippen LogP) is 4.15. The van der Waals surface area contributed by atoms with E-state index in [0.29, 0.717) is 23.0 Å². The smallest absolute Gasteiger partial charge is 0.232 e. The van der Waals surface area contributed by atoms with Crippen LogP contribution < -0.4 is 4.90 Å². The van der Waals surface area contributed by atoms with Crippen LogP contribution in [0.4, 0.5) is 5.82 Å². The lowest BCUT2D eigenvalue weighted by molar-refractivity contribution is 0.269. The lowest BCUT2D eigenvalue weighted by Gasteiger charge is -2.23. The van der Waals surface area contributed by atoms with E-state index in [4.69, 9.17) is 21.1 Å². The lowest BCUT2D eigenvalue weighted by atomic mass is 9.97. The molecule has 8 heteroatoms. The maximum Gasteiger partial charge on any atom is 0.232 e. The van der Waals surface area contributed by atoms with Crippen molar-refractivity contribution in [1.82, 2.24) is 20.0 Å². The molecule has 3 aromatic rings. The Bertz CT molecular complexity index is 1100. The maximum atomic E-state index is 9.60. The summed E-state index contributed by atoms with van der Waals surface area (Å²) >= 11 is 6.10. The third-order valence-electron chi connectivity index (χ3n) is 5.26. The van der Waals surface area contributed by atoms with Gasteiger partial charge in [-0.25, -0.2) is 4.98 Å². The molecule has 0 atom stereocenters. The fraction of sp³-hybridized carbons (Fsp3) is 0.455. The minimum absolute atomic E-state index is 0.148. The second kappa shape index (κ2) is 8.21. The summed E-state index contributed by atoms with van der Waals surface area (Å²) in [5, 5.41) is 15.1. The second-order valence-corrected chi connectivity index (χ2v) is 9.12. The highest BCUT2D eigenvalue weighted by Crippen LogP contribution is 2.26. The molecular weight excluding hydrogens is 400 g/mol. The molecule has 0 saturated carbocycles. The molecule has 1 aliphatic rings. The summed E-state index contributed by atoms with van der Waals surface area (Å²) in [6.45, 7) is 10.4. The average Bonchev–Trinajstić information content (AvgIpc) is 3.06. The van der Waals surface area contributed by atoms with Crippen LogP contribution in [-0.2, 0) is 12.0 Å². The van der Waals surface area contributed by atoms with Crippen LogP contribution in [0.5, 0.6) is 0 Å². The van der Waals surface area contributed by atoms with Crippen LogP contribution in [0.25, 0.3) is 10.9 Å². The van der Waals surface area contributed by atoms with Gasteiger partial charge in [0.05, 0.1) is 23.7 Å². The summed E-state index contributed by atoms with van der Waals surface area (Å²) in [7, 11) is 0. The number of fused-ring (bicyclic) bond motifs is 1. The van der Waals surface area contributed by atoms with Crippen LogP contribution >= 0.6 is 11.6 Å². The molecule has 4 rings (SSSR count). The van der Waals surface area contributed by atoms with E-state index in [0.717, 1.165) is 55.1 Å². The molecule has 30 heavy (non-hydrogen) atoms. The number of anilines is 1. The van der Waals surface area contributed by atoms with Crippen molar-refractivity contribution in [3.8, 4) is 6.07 Å². The molecule has 0 spiro atoms. The van der Waals surface area contributed by atoms with E-state index in [1.54, 1.807) is 6.07 Å². The number of hydrogen-bond acceptors (Lipinski definition) is 7. The molecule has 0 aliphatic carbocycles. The summed E-state index contributed by atoms with van der Waals surface area (Å²) in [5.41, 5.74) is 1.24. The van der Waals surface area contributed by atoms with E-state index in [1.165, 1.54) is 0 Å². The van der Waals surface area contributed by atoms with Crippen LogP contribution in [0.3, 0.4) is 0 Å². The lowest BCUT2D eigenvalue weighted by Crippen LogP contribution is -2.31. The Morgan fingerprint density at radius 1 is 1.13 bits per heavy atom. The maximum absolute atomic E-state index is 9.60. The molecule has 0 amide bonds. The zero-order valence-corrected chi connectivity index (χ0v) is 18.3. The quantitative estimate of drug-likeness (QED) is 0.624. The van der Waals surface area contributed by atoms with Crippen molar-refractivity contribution >= 4 is 28.3 Å². The first-order chi connectivity index (χ1) is 14.3. The molecule has 0 radical (unpaired) electrons. The Morgan fingerprint density at radius 2 is 1.97 bits per heavy atom. The molecule has 0 unspecified atom stereocenters. The zero-order chi connectivity index (χ0) is 21.3. The van der Waals surface area contributed by atoms with E-state index >= 15 is 0 Å². The molecule has 1 aromatic carbocycles. The van der Waals surface area contributed by atoms with Gasteiger partial charge >= 0.3 is 0 Å². The minimum atomic E-state index is -0.148. The van der Waals surface area contributed by atoms with Gasteiger partial charge in [-0.3, -0.25) is 4.90 Å². The van der Waals surface area contributed by atoms with Crippen molar-refractivity contribution in [2.75, 3.05) is 31.1 Å². The summed E-state index contributed by atoms with van der Waals surface area (Å²) < 4.78 is 5.42. The summed E-state index contributed by atoms with van der Waals surface area (Å²) in [4.78, 5) is 13.9. The van der Waals surface area contributed by atoms with Crippen molar-refractivity contribution in [1.29, 1.82) is 5.26 Å². The van der Waals surface area contributed by atoms with Gasteiger partial charge in [0.15, 0.2) is 5.82 Å². The van der Waals surface area contributed by atoms with Crippen LogP contribution in [0.1, 0.15) is 44.5 Å². The zero-order valence-electron chi connectivity index (χ0n) is 17.5. The Kier molecular flexibility index (Phi) is 5.63. The highest BCUT2D eigenvalue weighted by atomic mass is 35.5. The summed E-state index contributed by atoms with van der Waals surface area (Å²) in [5.74, 6) is 2.22. The second-order valence-electron chi connectivity index (χ2n) is 8.68. The van der Waals surface area contributed by atoms with Gasteiger partial charge in [-0.2, -0.15) is 10.2 Å². The van der Waals surface area contributed by atoms with E-state index in [1.807, 2.05) is 18.2 Å². The van der Waals surface area contributed by atoms with Gasteiger partial charge in [-0.15, -0.1) is 0 Å². The Hall–Kier alpha value is -2.69. The van der Waals surface area contributed by atoms with Gasteiger partial charge in [0, 0.05) is 42.0 Å². The normalized spacial score (nSPS) is 15.9. The Labute approximate surface area is 181 Å². The molecule has 7 nitrogen and oxygen atoms in total. The molecule has 0 N–H and O–H groups in total. The number of hydrogen-bond donors (Lipinski definition) is 0. The monoisotopic (exact) mass is 424 g/mol. The third-order valence-corrected chi connectivity index (χ3v) is 5.50. The first-order valence-electron chi connectivity index (χ1n) is 10.1. The Balaban J connectivity index is 1.49. The van der Waals surface area contributed by atoms with Crippen LogP contribution in [-0.4, -0.2) is 46.2 Å². The van der Waals surface area contributed by atoms with E-state index < -0.39 is 0 Å². The number of rotatable bonds is 3. The van der Waals surface area contributed by atoms with E-state index in [9.17, 15) is 5.26 Å². The largest absolute Gasteiger partial charge is 0.355 e. The molecule has 3 heterocycles. The van der Waals surface area contributed by atoms with Crippen molar-refractivity contribution in [3.05, 3.63) is 46.6 Å². The van der Waals surface area contributed by atoms with Crippen LogP contribution in [0, 0.1) is 11.3 Å². The first kappa shape index (κ1) is 20.6. The molecule has 156 valence electrons. The van der Waals surface area contributed by atoms with Gasteiger partial charge in [0.1, 0.15) is 5.82 Å². The highest BCUT2D eigenvalue weighted by Gasteiger charge is 2.23. The summed E-state index contributed by atoms with van der Waals surface area (Å²) in [6.07, 6.45) is 0.992. The van der Waals surface area contributed by atoms with Gasteiger partial charge in [-0.1, -0.05) is 37.5 Å². The van der Waals surface area contributed by atoms with Gasteiger partial charge < -0.3 is 9.42 Å². The number of nitriles is 1. The SMILES string of the molecule is CC(C)(C)c1nc(CN2CCCN(c3cc(C#N)c4cc(Cl)ccc4n3)CC2)no1. The fourth-order valence-corrected chi connectivity index (χ4v) is 3.79. The molecule has 1 saturated heterocycles.